The number of halogens is 1. The largest absolute Gasteiger partial charge is 0.379 e. The van der Waals surface area contributed by atoms with E-state index in [0.29, 0.717) is 18.7 Å². The highest BCUT2D eigenvalue weighted by Gasteiger charge is 2.36. The Bertz CT molecular complexity index is 572. The highest BCUT2D eigenvalue weighted by molar-refractivity contribution is 5.76. The summed E-state index contributed by atoms with van der Waals surface area (Å²) in [4.78, 5) is 4.44. The molecule has 1 fully saturated rings. The van der Waals surface area contributed by atoms with Gasteiger partial charge in [-0.25, -0.2) is 9.37 Å². The van der Waals surface area contributed by atoms with Crippen LogP contribution in [0.1, 0.15) is 12.2 Å². The van der Waals surface area contributed by atoms with Crippen LogP contribution in [0.4, 0.5) is 4.39 Å². The number of fused-ring (bicyclic) bond motifs is 1. The normalized spacial score (nSPS) is 24.6. The molecule has 0 amide bonds. The minimum Gasteiger partial charge on any atom is -0.379 e. The van der Waals surface area contributed by atoms with Crippen LogP contribution >= 0.6 is 0 Å². The molecular formula is C12H14FN3O. The Hall–Kier alpha value is -1.46. The van der Waals surface area contributed by atoms with Crippen molar-refractivity contribution in [2.75, 3.05) is 13.2 Å². The zero-order chi connectivity index (χ0) is 12.0. The average Bonchev–Trinajstić information content (AvgIpc) is 2.85. The smallest absolute Gasteiger partial charge is 0.132 e. The first-order valence-electron chi connectivity index (χ1n) is 5.59. The molecule has 0 radical (unpaired) electrons. The van der Waals surface area contributed by atoms with Crippen LogP contribution in [0.15, 0.2) is 18.2 Å². The summed E-state index contributed by atoms with van der Waals surface area (Å²) < 4.78 is 20.4. The molecule has 2 heterocycles. The lowest BCUT2D eigenvalue weighted by Gasteiger charge is -2.20. The molecule has 0 spiro atoms. The lowest BCUT2D eigenvalue weighted by molar-refractivity contribution is 0.175. The van der Waals surface area contributed by atoms with Crippen LogP contribution in [0.2, 0.25) is 0 Å². The molecule has 0 aliphatic carbocycles. The molecular weight excluding hydrogens is 221 g/mol. The number of rotatable bonds is 1. The highest BCUT2D eigenvalue weighted by atomic mass is 19.1. The number of hydrogen-bond acceptors (Lipinski definition) is 3. The van der Waals surface area contributed by atoms with Gasteiger partial charge < -0.3 is 15.0 Å². The molecule has 2 aromatic rings. The minimum atomic E-state index is -0.551. The van der Waals surface area contributed by atoms with E-state index in [9.17, 15) is 4.39 Å². The Morgan fingerprint density at radius 1 is 1.53 bits per heavy atom. The van der Waals surface area contributed by atoms with Crippen LogP contribution in [0, 0.1) is 5.82 Å². The zero-order valence-corrected chi connectivity index (χ0v) is 9.61. The van der Waals surface area contributed by atoms with E-state index in [1.165, 1.54) is 12.1 Å². The van der Waals surface area contributed by atoms with Gasteiger partial charge in [0, 0.05) is 19.7 Å². The maximum absolute atomic E-state index is 13.1. The fraction of sp³-hybridized carbons (Fsp3) is 0.417. The van der Waals surface area contributed by atoms with Crippen molar-refractivity contribution in [3.63, 3.8) is 0 Å². The van der Waals surface area contributed by atoms with Gasteiger partial charge in [0.2, 0.25) is 0 Å². The van der Waals surface area contributed by atoms with E-state index >= 15 is 0 Å². The van der Waals surface area contributed by atoms with Gasteiger partial charge >= 0.3 is 0 Å². The molecule has 1 atom stereocenters. The third kappa shape index (κ3) is 1.54. The molecule has 2 N–H and O–H groups in total. The lowest BCUT2D eigenvalue weighted by Crippen LogP contribution is -2.39. The first-order chi connectivity index (χ1) is 8.10. The Labute approximate surface area is 98.2 Å². The average molecular weight is 235 g/mol. The molecule has 4 nitrogen and oxygen atoms in total. The summed E-state index contributed by atoms with van der Waals surface area (Å²) in [5.41, 5.74) is 7.26. The highest BCUT2D eigenvalue weighted by Crippen LogP contribution is 2.29. The molecule has 0 saturated carbocycles. The van der Waals surface area contributed by atoms with E-state index in [-0.39, 0.29) is 5.82 Å². The van der Waals surface area contributed by atoms with Gasteiger partial charge in [0.1, 0.15) is 17.2 Å². The molecule has 90 valence electrons. The van der Waals surface area contributed by atoms with Crippen molar-refractivity contribution in [3.05, 3.63) is 29.8 Å². The molecule has 1 aromatic carbocycles. The summed E-state index contributed by atoms with van der Waals surface area (Å²) >= 11 is 0. The van der Waals surface area contributed by atoms with Gasteiger partial charge in [-0.2, -0.15) is 0 Å². The first-order valence-corrected chi connectivity index (χ1v) is 5.59. The third-order valence-electron chi connectivity index (χ3n) is 3.34. The summed E-state index contributed by atoms with van der Waals surface area (Å²) in [7, 11) is 1.90. The van der Waals surface area contributed by atoms with Crippen molar-refractivity contribution in [1.82, 2.24) is 9.55 Å². The fourth-order valence-electron chi connectivity index (χ4n) is 2.38. The SMILES string of the molecule is Cn1c(C2(N)CCOC2)nc2cc(F)ccc21. The molecule has 1 aliphatic heterocycles. The fourth-order valence-corrected chi connectivity index (χ4v) is 2.38. The molecule has 1 aliphatic rings. The van der Waals surface area contributed by atoms with Crippen LogP contribution in [0.25, 0.3) is 11.0 Å². The minimum absolute atomic E-state index is 0.282. The van der Waals surface area contributed by atoms with Crippen LogP contribution < -0.4 is 5.73 Å². The second-order valence-corrected chi connectivity index (χ2v) is 4.59. The zero-order valence-electron chi connectivity index (χ0n) is 9.61. The quantitative estimate of drug-likeness (QED) is 0.810. The number of hydrogen-bond donors (Lipinski definition) is 1. The summed E-state index contributed by atoms with van der Waals surface area (Å²) in [5.74, 6) is 0.478. The predicted octanol–water partition coefficient (Wildman–Crippen LogP) is 1.29. The van der Waals surface area contributed by atoms with E-state index in [4.69, 9.17) is 10.5 Å². The van der Waals surface area contributed by atoms with Gasteiger partial charge in [0.05, 0.1) is 17.6 Å². The maximum atomic E-state index is 13.1. The molecule has 0 bridgehead atoms. The van der Waals surface area contributed by atoms with Crippen molar-refractivity contribution < 1.29 is 9.13 Å². The maximum Gasteiger partial charge on any atom is 0.132 e. The Morgan fingerprint density at radius 2 is 2.35 bits per heavy atom. The predicted molar refractivity (Wildman–Crippen MR) is 62.0 cm³/mol. The van der Waals surface area contributed by atoms with Crippen molar-refractivity contribution in [3.8, 4) is 0 Å². The summed E-state index contributed by atoms with van der Waals surface area (Å²) in [6.07, 6.45) is 0.743. The Kier molecular flexibility index (Phi) is 2.21. The van der Waals surface area contributed by atoms with Gasteiger partial charge in [-0.3, -0.25) is 0 Å². The Balaban J connectivity index is 2.20. The van der Waals surface area contributed by atoms with Gasteiger partial charge in [-0.05, 0) is 18.6 Å². The van der Waals surface area contributed by atoms with Gasteiger partial charge in [-0.1, -0.05) is 0 Å². The standard InChI is InChI=1S/C12H14FN3O/c1-16-10-3-2-8(13)6-9(10)15-11(16)12(14)4-5-17-7-12/h2-3,6H,4-5,7,14H2,1H3. The van der Waals surface area contributed by atoms with Gasteiger partial charge in [0.15, 0.2) is 0 Å². The van der Waals surface area contributed by atoms with E-state index in [0.717, 1.165) is 17.8 Å². The molecule has 1 aromatic heterocycles. The number of nitrogens with two attached hydrogens (primary N) is 1. The summed E-state index contributed by atoms with van der Waals surface area (Å²) in [6.45, 7) is 1.11. The van der Waals surface area contributed by atoms with Crippen LogP contribution in [-0.2, 0) is 17.3 Å². The molecule has 1 saturated heterocycles. The number of aromatic nitrogens is 2. The van der Waals surface area contributed by atoms with Crippen molar-refractivity contribution in [1.29, 1.82) is 0 Å². The van der Waals surface area contributed by atoms with Crippen LogP contribution in [0.5, 0.6) is 0 Å². The van der Waals surface area contributed by atoms with Crippen LogP contribution in [-0.4, -0.2) is 22.8 Å². The number of ether oxygens (including phenoxy) is 1. The van der Waals surface area contributed by atoms with Crippen molar-refractivity contribution in [2.24, 2.45) is 12.8 Å². The lowest BCUT2D eigenvalue weighted by atomic mass is 9.99. The number of benzene rings is 1. The van der Waals surface area contributed by atoms with Gasteiger partial charge in [-0.15, -0.1) is 0 Å². The molecule has 17 heavy (non-hydrogen) atoms. The van der Waals surface area contributed by atoms with E-state index in [1.807, 2.05) is 11.6 Å². The second kappa shape index (κ2) is 3.51. The topological polar surface area (TPSA) is 53.1 Å². The Morgan fingerprint density at radius 3 is 3.06 bits per heavy atom. The first kappa shape index (κ1) is 10.7. The van der Waals surface area contributed by atoms with Gasteiger partial charge in [0.25, 0.3) is 0 Å². The molecule has 3 rings (SSSR count). The monoisotopic (exact) mass is 235 g/mol. The number of aryl methyl sites for hydroxylation is 1. The third-order valence-corrected chi connectivity index (χ3v) is 3.34. The van der Waals surface area contributed by atoms with Crippen molar-refractivity contribution in [2.45, 2.75) is 12.0 Å². The molecule has 1 unspecified atom stereocenters. The van der Waals surface area contributed by atoms with E-state index in [1.54, 1.807) is 6.07 Å². The van der Waals surface area contributed by atoms with Crippen molar-refractivity contribution >= 4 is 11.0 Å². The van der Waals surface area contributed by atoms with E-state index in [2.05, 4.69) is 4.98 Å². The van der Waals surface area contributed by atoms with E-state index < -0.39 is 5.54 Å². The number of nitrogens with zero attached hydrogens (tertiary/aromatic N) is 2. The second-order valence-electron chi connectivity index (χ2n) is 4.59. The van der Waals surface area contributed by atoms with Crippen LogP contribution in [0.3, 0.4) is 0 Å². The summed E-state index contributed by atoms with van der Waals surface area (Å²) in [6, 6.07) is 4.58. The summed E-state index contributed by atoms with van der Waals surface area (Å²) in [5, 5.41) is 0. The molecule has 5 heteroatoms. The number of imidazole rings is 1.